The SMILES string of the molecule is CC(C)(N)CNCc1c(F)cccc1F. The van der Waals surface area contributed by atoms with Crippen LogP contribution in [0.15, 0.2) is 18.2 Å². The van der Waals surface area contributed by atoms with Gasteiger partial charge < -0.3 is 11.1 Å². The first-order chi connectivity index (χ1) is 6.90. The van der Waals surface area contributed by atoms with E-state index in [2.05, 4.69) is 5.32 Å². The first-order valence-corrected chi connectivity index (χ1v) is 4.82. The molecule has 0 aliphatic rings. The second-order valence-electron chi connectivity index (χ2n) is 4.29. The van der Waals surface area contributed by atoms with Gasteiger partial charge in [-0.2, -0.15) is 0 Å². The predicted octanol–water partition coefficient (Wildman–Crippen LogP) is 1.79. The molecule has 0 heterocycles. The molecule has 0 saturated heterocycles. The van der Waals surface area contributed by atoms with Gasteiger partial charge in [-0.3, -0.25) is 0 Å². The molecule has 0 radical (unpaired) electrons. The minimum Gasteiger partial charge on any atom is -0.324 e. The summed E-state index contributed by atoms with van der Waals surface area (Å²) < 4.78 is 26.3. The second kappa shape index (κ2) is 4.68. The van der Waals surface area contributed by atoms with Gasteiger partial charge in [-0.1, -0.05) is 6.07 Å². The molecule has 1 rings (SSSR count). The number of hydrogen-bond acceptors (Lipinski definition) is 2. The molecule has 15 heavy (non-hydrogen) atoms. The number of nitrogens with one attached hydrogen (secondary N) is 1. The monoisotopic (exact) mass is 214 g/mol. The smallest absolute Gasteiger partial charge is 0.130 e. The van der Waals surface area contributed by atoms with Gasteiger partial charge in [0.25, 0.3) is 0 Å². The van der Waals surface area contributed by atoms with Crippen LogP contribution >= 0.6 is 0 Å². The lowest BCUT2D eigenvalue weighted by molar-refractivity contribution is 0.454. The van der Waals surface area contributed by atoms with Gasteiger partial charge in [0.1, 0.15) is 11.6 Å². The molecular weight excluding hydrogens is 198 g/mol. The average Bonchev–Trinajstić information content (AvgIpc) is 2.08. The summed E-state index contributed by atoms with van der Waals surface area (Å²) in [6, 6.07) is 3.84. The number of nitrogens with two attached hydrogens (primary N) is 1. The van der Waals surface area contributed by atoms with Crippen molar-refractivity contribution in [3.8, 4) is 0 Å². The van der Waals surface area contributed by atoms with Gasteiger partial charge >= 0.3 is 0 Å². The zero-order valence-electron chi connectivity index (χ0n) is 8.98. The highest BCUT2D eigenvalue weighted by atomic mass is 19.1. The van der Waals surface area contributed by atoms with E-state index in [1.807, 2.05) is 13.8 Å². The van der Waals surface area contributed by atoms with Gasteiger partial charge in [-0.25, -0.2) is 8.78 Å². The number of hydrogen-bond donors (Lipinski definition) is 2. The lowest BCUT2D eigenvalue weighted by Crippen LogP contribution is -2.42. The van der Waals surface area contributed by atoms with Crippen molar-refractivity contribution in [1.29, 1.82) is 0 Å². The van der Waals surface area contributed by atoms with Gasteiger partial charge in [-0.05, 0) is 26.0 Å². The van der Waals surface area contributed by atoms with Crippen LogP contribution in [0.3, 0.4) is 0 Å². The Morgan fingerprint density at radius 1 is 1.27 bits per heavy atom. The standard InChI is InChI=1S/C11H16F2N2/c1-11(2,14)7-15-6-8-9(12)4-3-5-10(8)13/h3-5,15H,6-7,14H2,1-2H3. The normalized spacial score (nSPS) is 11.8. The van der Waals surface area contributed by atoms with Crippen LogP contribution in [0.1, 0.15) is 19.4 Å². The van der Waals surface area contributed by atoms with Gasteiger partial charge in [0.15, 0.2) is 0 Å². The Morgan fingerprint density at radius 3 is 2.27 bits per heavy atom. The second-order valence-corrected chi connectivity index (χ2v) is 4.29. The molecule has 0 atom stereocenters. The number of rotatable bonds is 4. The van der Waals surface area contributed by atoms with Crippen LogP contribution < -0.4 is 11.1 Å². The third kappa shape index (κ3) is 3.93. The van der Waals surface area contributed by atoms with Crippen LogP contribution in [0.25, 0.3) is 0 Å². The van der Waals surface area contributed by atoms with E-state index in [-0.39, 0.29) is 17.6 Å². The first kappa shape index (κ1) is 12.1. The molecule has 0 bridgehead atoms. The average molecular weight is 214 g/mol. The van der Waals surface area contributed by atoms with Gasteiger partial charge in [0.05, 0.1) is 0 Å². The summed E-state index contributed by atoms with van der Waals surface area (Å²) in [5.41, 5.74) is 5.40. The molecule has 0 aliphatic heterocycles. The largest absolute Gasteiger partial charge is 0.324 e. The fraction of sp³-hybridized carbons (Fsp3) is 0.455. The van der Waals surface area contributed by atoms with Crippen molar-refractivity contribution in [3.63, 3.8) is 0 Å². The molecule has 3 N–H and O–H groups in total. The topological polar surface area (TPSA) is 38.0 Å². The Hall–Kier alpha value is -1.00. The fourth-order valence-corrected chi connectivity index (χ4v) is 1.21. The number of benzene rings is 1. The zero-order valence-corrected chi connectivity index (χ0v) is 8.98. The van der Waals surface area contributed by atoms with Gasteiger partial charge in [-0.15, -0.1) is 0 Å². The molecule has 2 nitrogen and oxygen atoms in total. The maximum absolute atomic E-state index is 13.2. The van der Waals surface area contributed by atoms with E-state index in [1.54, 1.807) is 0 Å². The van der Waals surface area contributed by atoms with Crippen LogP contribution in [0.2, 0.25) is 0 Å². The maximum Gasteiger partial charge on any atom is 0.130 e. The van der Waals surface area contributed by atoms with Crippen molar-refractivity contribution in [2.45, 2.75) is 25.9 Å². The van der Waals surface area contributed by atoms with Crippen molar-refractivity contribution in [2.24, 2.45) is 5.73 Å². The van der Waals surface area contributed by atoms with Gasteiger partial charge in [0.2, 0.25) is 0 Å². The Labute approximate surface area is 88.5 Å². The molecule has 0 amide bonds. The molecule has 0 aromatic heterocycles. The summed E-state index contributed by atoms with van der Waals surface area (Å²) in [5, 5.41) is 2.92. The minimum absolute atomic E-state index is 0.0572. The molecule has 1 aromatic carbocycles. The van der Waals surface area contributed by atoms with E-state index in [1.165, 1.54) is 18.2 Å². The highest BCUT2D eigenvalue weighted by Crippen LogP contribution is 2.11. The van der Waals surface area contributed by atoms with Crippen LogP contribution in [0.4, 0.5) is 8.78 Å². The van der Waals surface area contributed by atoms with E-state index in [0.717, 1.165) is 0 Å². The molecule has 0 unspecified atom stereocenters. The zero-order chi connectivity index (χ0) is 11.5. The predicted molar refractivity (Wildman–Crippen MR) is 56.3 cm³/mol. The van der Waals surface area contributed by atoms with Crippen molar-refractivity contribution in [3.05, 3.63) is 35.4 Å². The molecule has 0 fully saturated rings. The third-order valence-electron chi connectivity index (χ3n) is 1.94. The van der Waals surface area contributed by atoms with Crippen molar-refractivity contribution in [2.75, 3.05) is 6.54 Å². The van der Waals surface area contributed by atoms with E-state index in [9.17, 15) is 8.78 Å². The van der Waals surface area contributed by atoms with Crippen LogP contribution in [0, 0.1) is 11.6 Å². The molecule has 0 spiro atoms. The lowest BCUT2D eigenvalue weighted by atomic mass is 10.1. The Morgan fingerprint density at radius 2 is 1.80 bits per heavy atom. The van der Waals surface area contributed by atoms with Crippen LogP contribution in [-0.4, -0.2) is 12.1 Å². The van der Waals surface area contributed by atoms with Gasteiger partial charge in [0, 0.05) is 24.2 Å². The quantitative estimate of drug-likeness (QED) is 0.802. The van der Waals surface area contributed by atoms with E-state index in [4.69, 9.17) is 5.73 Å². The Kier molecular flexibility index (Phi) is 3.77. The van der Waals surface area contributed by atoms with Crippen LogP contribution in [0.5, 0.6) is 0 Å². The molecule has 0 aliphatic carbocycles. The van der Waals surface area contributed by atoms with Crippen molar-refractivity contribution < 1.29 is 8.78 Å². The highest BCUT2D eigenvalue weighted by Gasteiger charge is 2.12. The molecule has 1 aromatic rings. The molecule has 0 saturated carbocycles. The Bertz CT molecular complexity index is 312. The molecule has 4 heteroatoms. The summed E-state index contributed by atoms with van der Waals surface area (Å²) in [6.45, 7) is 4.34. The summed E-state index contributed by atoms with van der Waals surface area (Å²) in [6.07, 6.45) is 0. The third-order valence-corrected chi connectivity index (χ3v) is 1.94. The summed E-state index contributed by atoms with van der Waals surface area (Å²) in [5.74, 6) is -1.06. The van der Waals surface area contributed by atoms with E-state index >= 15 is 0 Å². The maximum atomic E-state index is 13.2. The van der Waals surface area contributed by atoms with Crippen molar-refractivity contribution in [1.82, 2.24) is 5.32 Å². The molecule has 84 valence electrons. The van der Waals surface area contributed by atoms with Crippen LogP contribution in [-0.2, 0) is 6.54 Å². The number of halogens is 2. The summed E-state index contributed by atoms with van der Waals surface area (Å²) >= 11 is 0. The van der Waals surface area contributed by atoms with E-state index < -0.39 is 11.6 Å². The summed E-state index contributed by atoms with van der Waals surface area (Å²) in [4.78, 5) is 0. The molecular formula is C11H16F2N2. The Balaban J connectivity index is 2.58. The highest BCUT2D eigenvalue weighted by molar-refractivity contribution is 5.19. The van der Waals surface area contributed by atoms with E-state index in [0.29, 0.717) is 6.54 Å². The minimum atomic E-state index is -0.530. The lowest BCUT2D eigenvalue weighted by Gasteiger charge is -2.19. The summed E-state index contributed by atoms with van der Waals surface area (Å²) in [7, 11) is 0. The fourth-order valence-electron chi connectivity index (χ4n) is 1.21. The van der Waals surface area contributed by atoms with Crippen molar-refractivity contribution >= 4 is 0 Å². The first-order valence-electron chi connectivity index (χ1n) is 4.82.